The molecule has 0 heterocycles. The third-order valence-corrected chi connectivity index (χ3v) is 3.61. The van der Waals surface area contributed by atoms with E-state index in [0.29, 0.717) is 18.5 Å². The lowest BCUT2D eigenvalue weighted by Crippen LogP contribution is -2.41. The molecule has 4 N–H and O–H groups in total. The van der Waals surface area contributed by atoms with Crippen molar-refractivity contribution < 1.29 is 9.59 Å². The summed E-state index contributed by atoms with van der Waals surface area (Å²) in [6.45, 7) is 2.36. The molecule has 0 aliphatic heterocycles. The predicted molar refractivity (Wildman–Crippen MR) is 94.4 cm³/mol. The van der Waals surface area contributed by atoms with Gasteiger partial charge in [-0.05, 0) is 31.0 Å². The van der Waals surface area contributed by atoms with Crippen molar-refractivity contribution in [2.24, 2.45) is 5.73 Å². The molecule has 0 saturated heterocycles. The van der Waals surface area contributed by atoms with Crippen LogP contribution in [-0.2, 0) is 4.79 Å². The van der Waals surface area contributed by atoms with Crippen LogP contribution in [0.1, 0.15) is 35.3 Å². The minimum atomic E-state index is -0.744. The largest absolute Gasteiger partial charge is 0.354 e. The van der Waals surface area contributed by atoms with Crippen molar-refractivity contribution in [3.8, 4) is 0 Å². The van der Waals surface area contributed by atoms with Crippen molar-refractivity contribution in [1.29, 1.82) is 0 Å². The van der Waals surface area contributed by atoms with Gasteiger partial charge < -0.3 is 16.4 Å². The van der Waals surface area contributed by atoms with E-state index in [1.165, 1.54) is 0 Å². The first-order valence-corrected chi connectivity index (χ1v) is 8.02. The summed E-state index contributed by atoms with van der Waals surface area (Å²) >= 11 is 0. The number of carbonyl (C=O) groups excluding carboxylic acids is 2. The normalized spacial score (nSPS) is 12.9. The summed E-state index contributed by atoms with van der Waals surface area (Å²) in [7, 11) is 0. The fraction of sp³-hybridized carbons (Fsp3) is 0.263. The van der Waals surface area contributed by atoms with Gasteiger partial charge in [-0.15, -0.1) is 0 Å². The summed E-state index contributed by atoms with van der Waals surface area (Å²) < 4.78 is 0. The second kappa shape index (κ2) is 8.84. The molecule has 0 spiro atoms. The fourth-order valence-corrected chi connectivity index (χ4v) is 2.27. The molecular weight excluding hydrogens is 302 g/mol. The predicted octanol–water partition coefficient (Wildman–Crippen LogP) is 2.01. The Kier molecular flexibility index (Phi) is 6.51. The van der Waals surface area contributed by atoms with E-state index in [1.54, 1.807) is 24.3 Å². The lowest BCUT2D eigenvalue weighted by Gasteiger charge is -2.19. The number of benzene rings is 2. The smallest absolute Gasteiger partial charge is 0.252 e. The van der Waals surface area contributed by atoms with Crippen molar-refractivity contribution in [1.82, 2.24) is 10.6 Å². The molecule has 2 atom stereocenters. The summed E-state index contributed by atoms with van der Waals surface area (Å²) in [4.78, 5) is 24.9. The molecule has 0 bridgehead atoms. The minimum Gasteiger partial charge on any atom is -0.354 e. The molecule has 0 radical (unpaired) electrons. The lowest BCUT2D eigenvalue weighted by atomic mass is 10.1. The van der Waals surface area contributed by atoms with Crippen LogP contribution >= 0.6 is 0 Å². The van der Waals surface area contributed by atoms with Crippen LogP contribution in [0.4, 0.5) is 0 Å². The second-order valence-corrected chi connectivity index (χ2v) is 5.74. The highest BCUT2D eigenvalue weighted by molar-refractivity contribution is 5.97. The number of rotatable bonds is 7. The first-order chi connectivity index (χ1) is 11.6. The van der Waals surface area contributed by atoms with Gasteiger partial charge in [-0.3, -0.25) is 9.59 Å². The van der Waals surface area contributed by atoms with E-state index in [9.17, 15) is 9.59 Å². The van der Waals surface area contributed by atoms with E-state index in [4.69, 9.17) is 5.73 Å². The van der Waals surface area contributed by atoms with Crippen molar-refractivity contribution in [3.05, 3.63) is 71.8 Å². The Hall–Kier alpha value is -2.66. The van der Waals surface area contributed by atoms with Crippen molar-refractivity contribution >= 4 is 11.8 Å². The summed E-state index contributed by atoms with van der Waals surface area (Å²) in [5.74, 6) is -0.530. The Morgan fingerprint density at radius 3 is 2.17 bits per heavy atom. The Bertz CT molecular complexity index is 657. The standard InChI is InChI=1S/C19H23N3O2/c1-14(20)12-13-21-19(24)17(15-8-4-2-5-9-15)22-18(23)16-10-6-3-7-11-16/h2-11,14,17H,12-13,20H2,1H3,(H,21,24)(H,22,23). The molecule has 0 aliphatic rings. The second-order valence-electron chi connectivity index (χ2n) is 5.74. The van der Waals surface area contributed by atoms with Gasteiger partial charge in [-0.25, -0.2) is 0 Å². The average molecular weight is 325 g/mol. The van der Waals surface area contributed by atoms with Crippen LogP contribution in [0.2, 0.25) is 0 Å². The van der Waals surface area contributed by atoms with Gasteiger partial charge in [0, 0.05) is 18.2 Å². The van der Waals surface area contributed by atoms with Gasteiger partial charge in [-0.1, -0.05) is 48.5 Å². The highest BCUT2D eigenvalue weighted by Gasteiger charge is 2.22. The molecule has 2 aromatic rings. The molecule has 0 saturated carbocycles. The number of nitrogens with one attached hydrogen (secondary N) is 2. The van der Waals surface area contributed by atoms with Crippen LogP contribution in [0, 0.1) is 0 Å². The Balaban J connectivity index is 2.11. The Morgan fingerprint density at radius 1 is 1.00 bits per heavy atom. The first-order valence-electron chi connectivity index (χ1n) is 8.02. The first kappa shape index (κ1) is 17.7. The number of amides is 2. The summed E-state index contributed by atoms with van der Waals surface area (Å²) in [5.41, 5.74) is 6.95. The molecule has 0 aromatic heterocycles. The molecule has 2 rings (SSSR count). The molecule has 126 valence electrons. The maximum atomic E-state index is 12.5. The maximum absolute atomic E-state index is 12.5. The van der Waals surface area contributed by atoms with Gasteiger partial charge in [0.2, 0.25) is 5.91 Å². The number of nitrogens with two attached hydrogens (primary N) is 1. The molecule has 0 fully saturated rings. The van der Waals surface area contributed by atoms with E-state index in [1.807, 2.05) is 43.3 Å². The number of hydrogen-bond acceptors (Lipinski definition) is 3. The third kappa shape index (κ3) is 5.21. The molecule has 0 aliphatic carbocycles. The van der Waals surface area contributed by atoms with Crippen LogP contribution < -0.4 is 16.4 Å². The van der Waals surface area contributed by atoms with E-state index >= 15 is 0 Å². The maximum Gasteiger partial charge on any atom is 0.252 e. The van der Waals surface area contributed by atoms with E-state index < -0.39 is 6.04 Å². The minimum absolute atomic E-state index is 0.0133. The zero-order valence-electron chi connectivity index (χ0n) is 13.7. The van der Waals surface area contributed by atoms with Crippen LogP contribution in [0.3, 0.4) is 0 Å². The van der Waals surface area contributed by atoms with Gasteiger partial charge in [0.15, 0.2) is 0 Å². The van der Waals surface area contributed by atoms with Crippen molar-refractivity contribution in [2.75, 3.05) is 6.54 Å². The third-order valence-electron chi connectivity index (χ3n) is 3.61. The van der Waals surface area contributed by atoms with Gasteiger partial charge in [0.1, 0.15) is 6.04 Å². The zero-order chi connectivity index (χ0) is 17.4. The average Bonchev–Trinajstić information content (AvgIpc) is 2.60. The number of carbonyl (C=O) groups is 2. The van der Waals surface area contributed by atoms with Gasteiger partial charge >= 0.3 is 0 Å². The molecular formula is C19H23N3O2. The van der Waals surface area contributed by atoms with E-state index in [0.717, 1.165) is 5.56 Å². The van der Waals surface area contributed by atoms with E-state index in [-0.39, 0.29) is 17.9 Å². The molecule has 2 aromatic carbocycles. The molecule has 2 amide bonds. The van der Waals surface area contributed by atoms with Crippen molar-refractivity contribution in [3.63, 3.8) is 0 Å². The van der Waals surface area contributed by atoms with Crippen molar-refractivity contribution in [2.45, 2.75) is 25.4 Å². The molecule has 5 heteroatoms. The van der Waals surface area contributed by atoms with Gasteiger partial charge in [0.25, 0.3) is 5.91 Å². The van der Waals surface area contributed by atoms with E-state index in [2.05, 4.69) is 10.6 Å². The quantitative estimate of drug-likeness (QED) is 0.728. The Morgan fingerprint density at radius 2 is 1.58 bits per heavy atom. The van der Waals surface area contributed by atoms with Gasteiger partial charge in [0.05, 0.1) is 0 Å². The SMILES string of the molecule is CC(N)CCNC(=O)C(NC(=O)c1ccccc1)c1ccccc1. The summed E-state index contributed by atoms with van der Waals surface area (Å²) in [5, 5.41) is 5.64. The van der Waals surface area contributed by atoms with Crippen LogP contribution in [-0.4, -0.2) is 24.4 Å². The summed E-state index contributed by atoms with van der Waals surface area (Å²) in [6.07, 6.45) is 0.680. The summed E-state index contributed by atoms with van der Waals surface area (Å²) in [6, 6.07) is 17.3. The highest BCUT2D eigenvalue weighted by atomic mass is 16.2. The molecule has 24 heavy (non-hydrogen) atoms. The lowest BCUT2D eigenvalue weighted by molar-refractivity contribution is -0.123. The topological polar surface area (TPSA) is 84.2 Å². The highest BCUT2D eigenvalue weighted by Crippen LogP contribution is 2.14. The molecule has 5 nitrogen and oxygen atoms in total. The zero-order valence-corrected chi connectivity index (χ0v) is 13.7. The van der Waals surface area contributed by atoms with Crippen LogP contribution in [0.15, 0.2) is 60.7 Å². The monoisotopic (exact) mass is 325 g/mol. The van der Waals surface area contributed by atoms with Crippen LogP contribution in [0.5, 0.6) is 0 Å². The fourth-order valence-electron chi connectivity index (χ4n) is 2.27. The van der Waals surface area contributed by atoms with Gasteiger partial charge in [-0.2, -0.15) is 0 Å². The Labute approximate surface area is 142 Å². The number of hydrogen-bond donors (Lipinski definition) is 3. The molecule has 2 unspecified atom stereocenters. The van der Waals surface area contributed by atoms with Crippen LogP contribution in [0.25, 0.3) is 0 Å².